The number of para-hydroxylation sites is 3. The summed E-state index contributed by atoms with van der Waals surface area (Å²) in [5.74, 6) is 0. The van der Waals surface area contributed by atoms with Crippen LogP contribution in [0.5, 0.6) is 0 Å². The molecule has 56 heavy (non-hydrogen) atoms. The summed E-state index contributed by atoms with van der Waals surface area (Å²) in [5, 5.41) is 9.36. The Labute approximate surface area is 325 Å². The van der Waals surface area contributed by atoms with E-state index in [-0.39, 0.29) is 0 Å². The zero-order valence-electron chi connectivity index (χ0n) is 30.1. The van der Waals surface area contributed by atoms with Crippen LogP contribution in [0.1, 0.15) is 0 Å². The zero-order valence-corrected chi connectivity index (χ0v) is 30.9. The lowest BCUT2D eigenvalue weighted by Crippen LogP contribution is -2.11. The minimum Gasteiger partial charge on any atom is -0.456 e. The highest BCUT2D eigenvalue weighted by molar-refractivity contribution is 7.26. The fraction of sp³-hybridized carbons (Fsp3) is 0. The molecule has 9 aromatic carbocycles. The first-order valence-electron chi connectivity index (χ1n) is 18.9. The van der Waals surface area contributed by atoms with E-state index in [0.29, 0.717) is 0 Å². The van der Waals surface area contributed by atoms with Crippen molar-refractivity contribution in [2.45, 2.75) is 0 Å². The fourth-order valence-electron chi connectivity index (χ4n) is 8.71. The minimum absolute atomic E-state index is 0.848. The molecule has 0 aliphatic heterocycles. The van der Waals surface area contributed by atoms with E-state index in [2.05, 4.69) is 187 Å². The number of hydrogen-bond acceptors (Lipinski definition) is 4. The van der Waals surface area contributed by atoms with Gasteiger partial charge >= 0.3 is 0 Å². The Balaban J connectivity index is 1.09. The number of rotatable bonds is 5. The Kier molecular flexibility index (Phi) is 6.80. The Morgan fingerprint density at radius 2 is 1.04 bits per heavy atom. The summed E-state index contributed by atoms with van der Waals surface area (Å²) < 4.78 is 15.9. The van der Waals surface area contributed by atoms with Crippen LogP contribution in [0.4, 0.5) is 17.1 Å². The number of fused-ring (bicyclic) bond motifs is 10. The maximum atomic E-state index is 6.72. The summed E-state index contributed by atoms with van der Waals surface area (Å²) in [4.78, 5) is 2.36. The predicted octanol–water partition coefficient (Wildman–Crippen LogP) is 15.8. The quantitative estimate of drug-likeness (QED) is 0.176. The van der Waals surface area contributed by atoms with Gasteiger partial charge in [-0.25, -0.2) is 0 Å². The molecule has 0 atom stereocenters. The number of furan rings is 2. The maximum Gasteiger partial charge on any atom is 0.159 e. The summed E-state index contributed by atoms with van der Waals surface area (Å²) in [6.45, 7) is 0. The van der Waals surface area contributed by atoms with E-state index in [9.17, 15) is 0 Å². The van der Waals surface area contributed by atoms with E-state index in [1.807, 2.05) is 17.4 Å². The SMILES string of the molecule is c1ccc(N(c2ccc(-c3cccc4c3sc3ccccc34)cc2)c2cccc3c2oc2ccccc23)c(-c2cccc3oc4cc5ccccc5cc4c23)c1. The first-order valence-corrected chi connectivity index (χ1v) is 19.7. The largest absolute Gasteiger partial charge is 0.456 e. The molecule has 4 heteroatoms. The van der Waals surface area contributed by atoms with Gasteiger partial charge < -0.3 is 13.7 Å². The van der Waals surface area contributed by atoms with Crippen molar-refractivity contribution < 1.29 is 8.83 Å². The molecular formula is C52H31NO2S. The molecule has 3 heterocycles. The lowest BCUT2D eigenvalue weighted by Gasteiger charge is -2.28. The van der Waals surface area contributed by atoms with E-state index in [0.717, 1.165) is 77.5 Å². The molecule has 262 valence electrons. The minimum atomic E-state index is 0.848. The number of hydrogen-bond donors (Lipinski definition) is 0. The zero-order chi connectivity index (χ0) is 36.7. The molecule has 12 rings (SSSR count). The first-order chi connectivity index (χ1) is 27.8. The molecule has 0 aliphatic carbocycles. The number of benzene rings is 9. The average molecular weight is 734 g/mol. The van der Waals surface area contributed by atoms with E-state index < -0.39 is 0 Å². The summed E-state index contributed by atoms with van der Waals surface area (Å²) >= 11 is 1.86. The summed E-state index contributed by atoms with van der Waals surface area (Å²) in [7, 11) is 0. The highest BCUT2D eigenvalue weighted by atomic mass is 32.1. The van der Waals surface area contributed by atoms with Gasteiger partial charge in [-0.3, -0.25) is 0 Å². The Bertz CT molecular complexity index is 3500. The lowest BCUT2D eigenvalue weighted by atomic mass is 9.96. The molecule has 12 aromatic rings. The average Bonchev–Trinajstić information content (AvgIpc) is 3.95. The van der Waals surface area contributed by atoms with Crippen LogP contribution in [0, 0.1) is 0 Å². The van der Waals surface area contributed by atoms with Gasteiger partial charge in [0.25, 0.3) is 0 Å². The normalized spacial score (nSPS) is 11.9. The van der Waals surface area contributed by atoms with Crippen LogP contribution < -0.4 is 4.90 Å². The lowest BCUT2D eigenvalue weighted by molar-refractivity contribution is 0.669. The molecule has 3 nitrogen and oxygen atoms in total. The van der Waals surface area contributed by atoms with Crippen molar-refractivity contribution in [1.29, 1.82) is 0 Å². The molecule has 0 spiro atoms. The van der Waals surface area contributed by atoms with Crippen LogP contribution in [-0.2, 0) is 0 Å². The molecule has 0 saturated carbocycles. The molecule has 0 saturated heterocycles. The van der Waals surface area contributed by atoms with Gasteiger partial charge in [-0.05, 0) is 82.1 Å². The molecule has 3 aromatic heterocycles. The third-order valence-corrected chi connectivity index (χ3v) is 12.5. The van der Waals surface area contributed by atoms with Crippen molar-refractivity contribution >= 4 is 103 Å². The third-order valence-electron chi connectivity index (χ3n) is 11.3. The molecule has 0 bridgehead atoms. The highest BCUT2D eigenvalue weighted by Gasteiger charge is 2.24. The van der Waals surface area contributed by atoms with Crippen LogP contribution >= 0.6 is 11.3 Å². The van der Waals surface area contributed by atoms with E-state index in [1.54, 1.807) is 0 Å². The molecule has 0 unspecified atom stereocenters. The second-order valence-corrected chi connectivity index (χ2v) is 15.5. The Morgan fingerprint density at radius 3 is 1.95 bits per heavy atom. The number of anilines is 3. The molecule has 0 amide bonds. The van der Waals surface area contributed by atoms with Crippen molar-refractivity contribution in [3.05, 3.63) is 188 Å². The molecular weight excluding hydrogens is 703 g/mol. The predicted molar refractivity (Wildman–Crippen MR) is 237 cm³/mol. The van der Waals surface area contributed by atoms with E-state index in [4.69, 9.17) is 8.83 Å². The van der Waals surface area contributed by atoms with Crippen LogP contribution in [-0.4, -0.2) is 0 Å². The highest BCUT2D eigenvalue weighted by Crippen LogP contribution is 2.48. The van der Waals surface area contributed by atoms with E-state index >= 15 is 0 Å². The van der Waals surface area contributed by atoms with Gasteiger partial charge in [0.1, 0.15) is 16.7 Å². The Morgan fingerprint density at radius 1 is 0.393 bits per heavy atom. The van der Waals surface area contributed by atoms with Gasteiger partial charge in [0, 0.05) is 53.0 Å². The number of nitrogens with zero attached hydrogens (tertiary/aromatic N) is 1. The summed E-state index contributed by atoms with van der Waals surface area (Å²) in [6, 6.07) is 67.2. The van der Waals surface area contributed by atoms with E-state index in [1.165, 1.54) is 36.7 Å². The third kappa shape index (κ3) is 4.70. The van der Waals surface area contributed by atoms with Gasteiger partial charge in [-0.1, -0.05) is 133 Å². The van der Waals surface area contributed by atoms with Crippen molar-refractivity contribution in [1.82, 2.24) is 0 Å². The monoisotopic (exact) mass is 733 g/mol. The molecule has 0 radical (unpaired) electrons. The first kappa shape index (κ1) is 31.2. The second-order valence-electron chi connectivity index (χ2n) is 14.4. The standard InChI is InChI=1S/C52H31NO2S/c1-2-13-34-31-48-43(30-33(34)12-1)50-40(18-11-24-47(50)54-48)37-14-3-6-21-44(37)53(45-22-10-19-41-38-15-4-7-23-46(38)55-51(41)45)35-28-26-32(27-29-35)36-17-9-20-42-39-16-5-8-25-49(39)56-52(36)42/h1-31H. The van der Waals surface area contributed by atoms with Gasteiger partial charge in [0.2, 0.25) is 0 Å². The van der Waals surface area contributed by atoms with Crippen molar-refractivity contribution in [2.75, 3.05) is 4.90 Å². The smallest absolute Gasteiger partial charge is 0.159 e. The molecule has 0 fully saturated rings. The van der Waals surface area contributed by atoms with Gasteiger partial charge in [-0.2, -0.15) is 0 Å². The summed E-state index contributed by atoms with van der Waals surface area (Å²) in [6.07, 6.45) is 0. The second kappa shape index (κ2) is 12.2. The number of thiophene rings is 1. The maximum absolute atomic E-state index is 6.72. The van der Waals surface area contributed by atoms with Crippen molar-refractivity contribution in [3.8, 4) is 22.3 Å². The van der Waals surface area contributed by atoms with Crippen LogP contribution in [0.15, 0.2) is 197 Å². The molecule has 0 aliphatic rings. The van der Waals surface area contributed by atoms with Crippen LogP contribution in [0.2, 0.25) is 0 Å². The topological polar surface area (TPSA) is 29.5 Å². The van der Waals surface area contributed by atoms with Gasteiger partial charge in [-0.15, -0.1) is 11.3 Å². The van der Waals surface area contributed by atoms with Gasteiger partial charge in [0.05, 0.1) is 11.4 Å². The van der Waals surface area contributed by atoms with Crippen molar-refractivity contribution in [3.63, 3.8) is 0 Å². The fourth-order valence-corrected chi connectivity index (χ4v) is 9.95. The van der Waals surface area contributed by atoms with Crippen LogP contribution in [0.3, 0.4) is 0 Å². The Hall–Kier alpha value is -7.14. The summed E-state index contributed by atoms with van der Waals surface area (Å²) in [5.41, 5.74) is 11.2. The van der Waals surface area contributed by atoms with Crippen LogP contribution in [0.25, 0.3) is 97.1 Å². The van der Waals surface area contributed by atoms with Crippen molar-refractivity contribution in [2.24, 2.45) is 0 Å². The van der Waals surface area contributed by atoms with Gasteiger partial charge in [0.15, 0.2) is 5.58 Å². The molecule has 0 N–H and O–H groups in total.